The standard InChI is InChI=1S/C16H21FN2O5S/c1-4-10-5-6-12(13(17)7-10)14-8-11(24-19-14)9-16(2,15(20)18-21)25(3,22)23/h5-7,11,21H,4,8-9H2,1-3H3,(H,18,20). The SMILES string of the molecule is CCc1ccc(C2=NOC(CC(C)(C(=O)NO)S(C)(=O)=O)C2)c(F)c1. The second-order valence-corrected chi connectivity index (χ2v) is 8.73. The molecule has 0 aromatic heterocycles. The van der Waals surface area contributed by atoms with Gasteiger partial charge in [0, 0.05) is 24.7 Å². The molecule has 1 aromatic carbocycles. The molecule has 2 rings (SSSR count). The lowest BCUT2D eigenvalue weighted by Gasteiger charge is -2.26. The Morgan fingerprint density at radius 2 is 2.20 bits per heavy atom. The largest absolute Gasteiger partial charge is 0.392 e. The Morgan fingerprint density at radius 3 is 2.72 bits per heavy atom. The zero-order valence-electron chi connectivity index (χ0n) is 14.2. The Hall–Kier alpha value is -2.00. The summed E-state index contributed by atoms with van der Waals surface area (Å²) >= 11 is 0. The maximum absolute atomic E-state index is 14.2. The van der Waals surface area contributed by atoms with Crippen LogP contribution in [0.1, 0.15) is 37.8 Å². The molecular formula is C16H21FN2O5S. The summed E-state index contributed by atoms with van der Waals surface area (Å²) in [7, 11) is -3.84. The maximum Gasteiger partial charge on any atom is 0.264 e. The lowest BCUT2D eigenvalue weighted by Crippen LogP contribution is -2.51. The van der Waals surface area contributed by atoms with E-state index in [1.807, 2.05) is 6.92 Å². The fourth-order valence-corrected chi connectivity index (χ4v) is 3.55. The number of carbonyl (C=O) groups is 1. The Bertz CT molecular complexity index is 809. The Kier molecular flexibility index (Phi) is 5.48. The normalized spacial score (nSPS) is 19.7. The molecular weight excluding hydrogens is 351 g/mol. The van der Waals surface area contributed by atoms with Gasteiger partial charge >= 0.3 is 0 Å². The summed E-state index contributed by atoms with van der Waals surface area (Å²) in [5, 5.41) is 12.7. The van der Waals surface area contributed by atoms with Crippen molar-refractivity contribution in [2.24, 2.45) is 5.16 Å². The maximum atomic E-state index is 14.2. The molecule has 0 spiro atoms. The fraction of sp³-hybridized carbons (Fsp3) is 0.500. The van der Waals surface area contributed by atoms with Crippen LogP contribution in [0.5, 0.6) is 0 Å². The van der Waals surface area contributed by atoms with Crippen molar-refractivity contribution in [3.05, 3.63) is 35.1 Å². The van der Waals surface area contributed by atoms with Crippen LogP contribution < -0.4 is 5.48 Å². The summed E-state index contributed by atoms with van der Waals surface area (Å²) in [6.07, 6.45) is 0.817. The van der Waals surface area contributed by atoms with Crippen molar-refractivity contribution in [3.63, 3.8) is 0 Å². The highest BCUT2D eigenvalue weighted by Gasteiger charge is 2.47. The van der Waals surface area contributed by atoms with Gasteiger partial charge in [-0.2, -0.15) is 0 Å². The van der Waals surface area contributed by atoms with E-state index in [-0.39, 0.29) is 18.4 Å². The van der Waals surface area contributed by atoms with Gasteiger partial charge in [-0.25, -0.2) is 18.3 Å². The zero-order chi connectivity index (χ0) is 18.8. The average Bonchev–Trinajstić information content (AvgIpc) is 3.00. The number of rotatable bonds is 6. The van der Waals surface area contributed by atoms with Gasteiger partial charge in [-0.3, -0.25) is 10.0 Å². The van der Waals surface area contributed by atoms with Gasteiger partial charge in [0.1, 0.15) is 11.9 Å². The number of benzene rings is 1. The van der Waals surface area contributed by atoms with Crippen molar-refractivity contribution in [1.29, 1.82) is 0 Å². The Labute approximate surface area is 145 Å². The van der Waals surface area contributed by atoms with Crippen molar-refractivity contribution in [2.45, 2.75) is 44.0 Å². The van der Waals surface area contributed by atoms with Crippen LogP contribution in [0, 0.1) is 5.82 Å². The minimum absolute atomic E-state index is 0.159. The third kappa shape index (κ3) is 3.82. The number of halogens is 1. The molecule has 2 unspecified atom stereocenters. The molecule has 0 fully saturated rings. The molecule has 25 heavy (non-hydrogen) atoms. The summed E-state index contributed by atoms with van der Waals surface area (Å²) in [5.41, 5.74) is 2.87. The van der Waals surface area contributed by atoms with Gasteiger partial charge in [0.05, 0.1) is 5.71 Å². The van der Waals surface area contributed by atoms with Crippen molar-refractivity contribution in [2.75, 3.05) is 6.26 Å². The molecule has 1 heterocycles. The number of hydrogen-bond acceptors (Lipinski definition) is 6. The van der Waals surface area contributed by atoms with E-state index in [1.54, 1.807) is 12.1 Å². The molecule has 7 nitrogen and oxygen atoms in total. The molecule has 1 aromatic rings. The van der Waals surface area contributed by atoms with Crippen LogP contribution in [0.2, 0.25) is 0 Å². The predicted molar refractivity (Wildman–Crippen MR) is 89.6 cm³/mol. The number of hydroxylamine groups is 1. The second-order valence-electron chi connectivity index (χ2n) is 6.29. The molecule has 1 aliphatic heterocycles. The third-order valence-corrected chi connectivity index (χ3v) is 6.49. The fourth-order valence-electron chi connectivity index (χ4n) is 2.67. The minimum Gasteiger partial charge on any atom is -0.392 e. The Balaban J connectivity index is 2.18. The molecule has 2 N–H and O–H groups in total. The molecule has 0 saturated carbocycles. The van der Waals surface area contributed by atoms with E-state index in [0.29, 0.717) is 12.1 Å². The van der Waals surface area contributed by atoms with Gasteiger partial charge < -0.3 is 4.84 Å². The van der Waals surface area contributed by atoms with Crippen LogP contribution >= 0.6 is 0 Å². The summed E-state index contributed by atoms with van der Waals surface area (Å²) in [6, 6.07) is 4.81. The number of nitrogens with one attached hydrogen (secondary N) is 1. The van der Waals surface area contributed by atoms with Crippen LogP contribution in [-0.2, 0) is 25.9 Å². The molecule has 2 atom stereocenters. The van der Waals surface area contributed by atoms with E-state index in [1.165, 1.54) is 18.5 Å². The van der Waals surface area contributed by atoms with E-state index >= 15 is 0 Å². The Morgan fingerprint density at radius 1 is 1.52 bits per heavy atom. The topological polar surface area (TPSA) is 105 Å². The molecule has 0 saturated heterocycles. The zero-order valence-corrected chi connectivity index (χ0v) is 15.1. The van der Waals surface area contributed by atoms with Gasteiger partial charge in [0.15, 0.2) is 14.6 Å². The summed E-state index contributed by atoms with van der Waals surface area (Å²) < 4.78 is 36.3. The number of aryl methyl sites for hydroxylation is 1. The quantitative estimate of drug-likeness (QED) is 0.583. The van der Waals surface area contributed by atoms with Gasteiger partial charge in [-0.05, 0) is 31.0 Å². The van der Waals surface area contributed by atoms with Crippen molar-refractivity contribution < 1.29 is 27.6 Å². The van der Waals surface area contributed by atoms with Gasteiger partial charge in [0.2, 0.25) is 0 Å². The van der Waals surface area contributed by atoms with E-state index in [4.69, 9.17) is 10.0 Å². The number of nitrogens with zero attached hydrogens (tertiary/aromatic N) is 1. The number of sulfone groups is 1. The van der Waals surface area contributed by atoms with Crippen LogP contribution in [0.3, 0.4) is 0 Å². The first-order valence-electron chi connectivity index (χ1n) is 7.78. The monoisotopic (exact) mass is 372 g/mol. The van der Waals surface area contributed by atoms with Gasteiger partial charge in [-0.1, -0.05) is 18.1 Å². The smallest absolute Gasteiger partial charge is 0.264 e. The van der Waals surface area contributed by atoms with Gasteiger partial charge in [-0.15, -0.1) is 0 Å². The predicted octanol–water partition coefficient (Wildman–Crippen LogP) is 1.58. The second kappa shape index (κ2) is 7.09. The first kappa shape index (κ1) is 19.3. The highest BCUT2D eigenvalue weighted by Crippen LogP contribution is 2.30. The van der Waals surface area contributed by atoms with Crippen molar-refractivity contribution in [3.8, 4) is 0 Å². The molecule has 0 bridgehead atoms. The number of hydrogen-bond donors (Lipinski definition) is 2. The third-order valence-electron chi connectivity index (χ3n) is 4.50. The molecule has 138 valence electrons. The van der Waals surface area contributed by atoms with E-state index in [0.717, 1.165) is 11.8 Å². The van der Waals surface area contributed by atoms with Crippen LogP contribution in [0.4, 0.5) is 4.39 Å². The summed E-state index contributed by atoms with van der Waals surface area (Å²) in [4.78, 5) is 17.1. The number of carbonyl (C=O) groups excluding carboxylic acids is 1. The van der Waals surface area contributed by atoms with Crippen LogP contribution in [0.25, 0.3) is 0 Å². The summed E-state index contributed by atoms with van der Waals surface area (Å²) in [5.74, 6) is -1.48. The van der Waals surface area contributed by atoms with E-state index in [9.17, 15) is 17.6 Å². The van der Waals surface area contributed by atoms with Gasteiger partial charge in [0.25, 0.3) is 5.91 Å². The van der Waals surface area contributed by atoms with Crippen molar-refractivity contribution >= 4 is 21.5 Å². The molecule has 1 aliphatic rings. The first-order chi connectivity index (χ1) is 11.6. The lowest BCUT2D eigenvalue weighted by atomic mass is 9.96. The number of amides is 1. The van der Waals surface area contributed by atoms with E-state index < -0.39 is 32.4 Å². The molecule has 0 radical (unpaired) electrons. The molecule has 0 aliphatic carbocycles. The van der Waals surface area contributed by atoms with E-state index in [2.05, 4.69) is 5.16 Å². The molecule has 9 heteroatoms. The lowest BCUT2D eigenvalue weighted by molar-refractivity contribution is -0.132. The highest BCUT2D eigenvalue weighted by molar-refractivity contribution is 7.92. The number of oxime groups is 1. The highest BCUT2D eigenvalue weighted by atomic mass is 32.2. The van der Waals surface area contributed by atoms with Crippen LogP contribution in [-0.4, -0.2) is 42.4 Å². The first-order valence-corrected chi connectivity index (χ1v) is 9.67. The average molecular weight is 372 g/mol. The van der Waals surface area contributed by atoms with Crippen molar-refractivity contribution in [1.82, 2.24) is 5.48 Å². The van der Waals surface area contributed by atoms with Crippen LogP contribution in [0.15, 0.2) is 23.4 Å². The summed E-state index contributed by atoms with van der Waals surface area (Å²) in [6.45, 7) is 3.12. The molecule has 1 amide bonds. The minimum atomic E-state index is -3.84.